The minimum atomic E-state index is 0.385. The molecule has 3 heteroatoms. The van der Waals surface area contributed by atoms with E-state index in [1.807, 2.05) is 19.1 Å². The van der Waals surface area contributed by atoms with E-state index in [1.54, 1.807) is 7.11 Å². The summed E-state index contributed by atoms with van der Waals surface area (Å²) in [5.41, 5.74) is 1.23. The zero-order valence-corrected chi connectivity index (χ0v) is 11.9. The Kier molecular flexibility index (Phi) is 6.76. The molecule has 1 atom stereocenters. The second kappa shape index (κ2) is 8.11. The van der Waals surface area contributed by atoms with Crippen molar-refractivity contribution in [2.75, 3.05) is 20.3 Å². The standard InChI is InChI=1S/C15H25NO2/c1-5-18-11-15(12(2)3)16-10-13-7-6-8-14(9-13)17-4/h6-9,12,15-16H,5,10-11H2,1-4H3. The van der Waals surface area contributed by atoms with Crippen molar-refractivity contribution >= 4 is 0 Å². The molecule has 0 radical (unpaired) electrons. The maximum Gasteiger partial charge on any atom is 0.119 e. The van der Waals surface area contributed by atoms with Gasteiger partial charge in [0, 0.05) is 19.2 Å². The normalized spacial score (nSPS) is 12.7. The largest absolute Gasteiger partial charge is 0.497 e. The average Bonchev–Trinajstić information content (AvgIpc) is 2.38. The van der Waals surface area contributed by atoms with Gasteiger partial charge in [-0.3, -0.25) is 0 Å². The lowest BCUT2D eigenvalue weighted by atomic mass is 10.0. The Morgan fingerprint density at radius 3 is 2.67 bits per heavy atom. The lowest BCUT2D eigenvalue weighted by molar-refractivity contribution is 0.108. The molecule has 1 aromatic carbocycles. The predicted octanol–water partition coefficient (Wildman–Crippen LogP) is 2.85. The van der Waals surface area contributed by atoms with Gasteiger partial charge in [-0.15, -0.1) is 0 Å². The van der Waals surface area contributed by atoms with E-state index in [0.29, 0.717) is 12.0 Å². The molecule has 0 fully saturated rings. The lowest BCUT2D eigenvalue weighted by Gasteiger charge is -2.22. The third-order valence-corrected chi connectivity index (χ3v) is 3.01. The highest BCUT2D eigenvalue weighted by molar-refractivity contribution is 5.28. The quantitative estimate of drug-likeness (QED) is 0.770. The van der Waals surface area contributed by atoms with Crippen molar-refractivity contribution in [1.29, 1.82) is 0 Å². The third kappa shape index (κ3) is 5.07. The first-order valence-corrected chi connectivity index (χ1v) is 6.61. The highest BCUT2D eigenvalue weighted by Crippen LogP contribution is 2.13. The lowest BCUT2D eigenvalue weighted by Crippen LogP contribution is -2.37. The Bertz CT molecular complexity index is 339. The van der Waals surface area contributed by atoms with E-state index in [9.17, 15) is 0 Å². The molecule has 3 nitrogen and oxygen atoms in total. The minimum Gasteiger partial charge on any atom is -0.497 e. The Balaban J connectivity index is 2.49. The van der Waals surface area contributed by atoms with Crippen LogP contribution < -0.4 is 10.1 Å². The molecule has 0 spiro atoms. The molecule has 0 aromatic heterocycles. The van der Waals surface area contributed by atoms with Crippen LogP contribution in [0.5, 0.6) is 5.75 Å². The highest BCUT2D eigenvalue weighted by Gasteiger charge is 2.12. The van der Waals surface area contributed by atoms with Crippen LogP contribution in [0.1, 0.15) is 26.3 Å². The summed E-state index contributed by atoms with van der Waals surface area (Å²) in [6.07, 6.45) is 0. The van der Waals surface area contributed by atoms with Gasteiger partial charge in [0.15, 0.2) is 0 Å². The number of ether oxygens (including phenoxy) is 2. The van der Waals surface area contributed by atoms with Crippen LogP contribution >= 0.6 is 0 Å². The second-order valence-corrected chi connectivity index (χ2v) is 4.74. The van der Waals surface area contributed by atoms with E-state index in [1.165, 1.54) is 5.56 Å². The van der Waals surface area contributed by atoms with Gasteiger partial charge in [-0.1, -0.05) is 26.0 Å². The summed E-state index contributed by atoms with van der Waals surface area (Å²) in [4.78, 5) is 0. The van der Waals surface area contributed by atoms with Crippen LogP contribution in [-0.2, 0) is 11.3 Å². The number of methoxy groups -OCH3 is 1. The van der Waals surface area contributed by atoms with Crippen LogP contribution in [0.2, 0.25) is 0 Å². The molecule has 1 aromatic rings. The summed E-state index contributed by atoms with van der Waals surface area (Å²) in [5.74, 6) is 1.46. The van der Waals surface area contributed by atoms with E-state index in [-0.39, 0.29) is 0 Å². The number of rotatable bonds is 8. The van der Waals surface area contributed by atoms with E-state index >= 15 is 0 Å². The Labute approximate surface area is 110 Å². The first-order chi connectivity index (χ1) is 8.67. The molecule has 0 aliphatic heterocycles. The Morgan fingerprint density at radius 1 is 1.28 bits per heavy atom. The van der Waals surface area contributed by atoms with E-state index in [2.05, 4.69) is 31.3 Å². The second-order valence-electron chi connectivity index (χ2n) is 4.74. The SMILES string of the molecule is CCOCC(NCc1cccc(OC)c1)C(C)C. The molecule has 0 heterocycles. The molecule has 0 bridgehead atoms. The topological polar surface area (TPSA) is 30.5 Å². The van der Waals surface area contributed by atoms with Crippen LogP contribution in [0.25, 0.3) is 0 Å². The summed E-state index contributed by atoms with van der Waals surface area (Å²) in [6.45, 7) is 8.82. The predicted molar refractivity (Wildman–Crippen MR) is 75.0 cm³/mol. The molecule has 0 aliphatic rings. The van der Waals surface area contributed by atoms with Crippen LogP contribution in [0.3, 0.4) is 0 Å². The monoisotopic (exact) mass is 251 g/mol. The fraction of sp³-hybridized carbons (Fsp3) is 0.600. The van der Waals surface area contributed by atoms with Crippen molar-refractivity contribution in [3.05, 3.63) is 29.8 Å². The summed E-state index contributed by atoms with van der Waals surface area (Å²) >= 11 is 0. The summed E-state index contributed by atoms with van der Waals surface area (Å²) < 4.78 is 10.7. The minimum absolute atomic E-state index is 0.385. The molecule has 1 rings (SSSR count). The molecule has 0 aliphatic carbocycles. The third-order valence-electron chi connectivity index (χ3n) is 3.01. The maximum atomic E-state index is 5.50. The van der Waals surface area contributed by atoms with Crippen LogP contribution in [0.4, 0.5) is 0 Å². The summed E-state index contributed by atoms with van der Waals surface area (Å²) in [7, 11) is 1.69. The van der Waals surface area contributed by atoms with Gasteiger partial charge < -0.3 is 14.8 Å². The van der Waals surface area contributed by atoms with Gasteiger partial charge in [-0.2, -0.15) is 0 Å². The molecule has 1 unspecified atom stereocenters. The van der Waals surface area contributed by atoms with Crippen molar-refractivity contribution in [1.82, 2.24) is 5.32 Å². The van der Waals surface area contributed by atoms with Crippen molar-refractivity contribution in [3.63, 3.8) is 0 Å². The zero-order valence-electron chi connectivity index (χ0n) is 11.9. The van der Waals surface area contributed by atoms with Gasteiger partial charge in [0.25, 0.3) is 0 Å². The van der Waals surface area contributed by atoms with Gasteiger partial charge in [0.1, 0.15) is 5.75 Å². The number of benzene rings is 1. The maximum absolute atomic E-state index is 5.50. The van der Waals surface area contributed by atoms with Gasteiger partial charge >= 0.3 is 0 Å². The fourth-order valence-corrected chi connectivity index (χ4v) is 1.76. The average molecular weight is 251 g/mol. The van der Waals surface area contributed by atoms with E-state index in [0.717, 1.165) is 25.5 Å². The van der Waals surface area contributed by atoms with Gasteiger partial charge in [0.05, 0.1) is 13.7 Å². The Morgan fingerprint density at radius 2 is 2.06 bits per heavy atom. The molecule has 0 saturated carbocycles. The Hall–Kier alpha value is -1.06. The summed E-state index contributed by atoms with van der Waals surface area (Å²) in [5, 5.41) is 3.54. The number of nitrogens with one attached hydrogen (secondary N) is 1. The smallest absolute Gasteiger partial charge is 0.119 e. The van der Waals surface area contributed by atoms with Gasteiger partial charge in [0.2, 0.25) is 0 Å². The first-order valence-electron chi connectivity index (χ1n) is 6.61. The van der Waals surface area contributed by atoms with Crippen molar-refractivity contribution in [2.45, 2.75) is 33.4 Å². The first kappa shape index (κ1) is 15.0. The van der Waals surface area contributed by atoms with Crippen molar-refractivity contribution in [3.8, 4) is 5.75 Å². The number of hydrogen-bond acceptors (Lipinski definition) is 3. The van der Waals surface area contributed by atoms with Gasteiger partial charge in [-0.25, -0.2) is 0 Å². The fourth-order valence-electron chi connectivity index (χ4n) is 1.76. The van der Waals surface area contributed by atoms with Crippen LogP contribution in [-0.4, -0.2) is 26.4 Å². The molecule has 0 saturated heterocycles. The molecule has 0 amide bonds. The van der Waals surface area contributed by atoms with Gasteiger partial charge in [-0.05, 0) is 30.5 Å². The molecular weight excluding hydrogens is 226 g/mol. The van der Waals surface area contributed by atoms with E-state index < -0.39 is 0 Å². The number of hydrogen-bond donors (Lipinski definition) is 1. The van der Waals surface area contributed by atoms with Crippen LogP contribution in [0.15, 0.2) is 24.3 Å². The molecule has 1 N–H and O–H groups in total. The van der Waals surface area contributed by atoms with Crippen molar-refractivity contribution in [2.24, 2.45) is 5.92 Å². The van der Waals surface area contributed by atoms with Crippen molar-refractivity contribution < 1.29 is 9.47 Å². The highest BCUT2D eigenvalue weighted by atomic mass is 16.5. The molecule has 18 heavy (non-hydrogen) atoms. The van der Waals surface area contributed by atoms with E-state index in [4.69, 9.17) is 9.47 Å². The zero-order chi connectivity index (χ0) is 13.4. The summed E-state index contributed by atoms with van der Waals surface area (Å²) in [6, 6.07) is 8.53. The molecule has 102 valence electrons. The van der Waals surface area contributed by atoms with Crippen LogP contribution in [0, 0.1) is 5.92 Å². The molecular formula is C15H25NO2.